The van der Waals surface area contributed by atoms with Gasteiger partial charge in [-0.3, -0.25) is 4.72 Å². The number of rotatable bonds is 11. The summed E-state index contributed by atoms with van der Waals surface area (Å²) in [6.45, 7) is 5.66. The van der Waals surface area contributed by atoms with E-state index in [1.165, 1.54) is 19.4 Å². The van der Waals surface area contributed by atoms with E-state index in [4.69, 9.17) is 4.74 Å². The fourth-order valence-electron chi connectivity index (χ4n) is 3.00. The fourth-order valence-corrected chi connectivity index (χ4v) is 3.42. The topological polar surface area (TPSA) is 139 Å². The van der Waals surface area contributed by atoms with Gasteiger partial charge in [0.05, 0.1) is 26.0 Å². The van der Waals surface area contributed by atoms with Crippen molar-refractivity contribution in [1.29, 1.82) is 0 Å². The van der Waals surface area contributed by atoms with Crippen LogP contribution in [0.5, 0.6) is 5.88 Å². The van der Waals surface area contributed by atoms with E-state index in [2.05, 4.69) is 30.0 Å². The Labute approximate surface area is 181 Å². The van der Waals surface area contributed by atoms with Crippen molar-refractivity contribution in [2.75, 3.05) is 30.0 Å². The maximum atomic E-state index is 14.4. The van der Waals surface area contributed by atoms with E-state index in [1.54, 1.807) is 6.92 Å². The van der Waals surface area contributed by atoms with Crippen LogP contribution >= 0.6 is 0 Å². The van der Waals surface area contributed by atoms with Crippen molar-refractivity contribution in [3.05, 3.63) is 29.5 Å². The Morgan fingerprint density at radius 1 is 1.19 bits per heavy atom. The quantitative estimate of drug-likeness (QED) is 0.463. The molecule has 0 saturated carbocycles. The smallest absolute Gasteiger partial charge is 0.241 e. The van der Waals surface area contributed by atoms with Crippen LogP contribution in [0, 0.1) is 11.7 Å². The lowest BCUT2D eigenvalue weighted by atomic mass is 9.98. The molecule has 10 nitrogen and oxygen atoms in total. The van der Waals surface area contributed by atoms with Crippen molar-refractivity contribution in [2.45, 2.75) is 45.6 Å². The summed E-state index contributed by atoms with van der Waals surface area (Å²) in [6.07, 6.45) is 3.24. The van der Waals surface area contributed by atoms with Crippen LogP contribution in [-0.4, -0.2) is 59.5 Å². The summed E-state index contributed by atoms with van der Waals surface area (Å²) in [7, 11) is -2.22. The predicted octanol–water partition coefficient (Wildman–Crippen LogP) is 1.95. The molecular formula is C19H29FN6O4S. The van der Waals surface area contributed by atoms with Crippen molar-refractivity contribution in [1.82, 2.24) is 19.9 Å². The number of ether oxygens (including phenoxy) is 1. The van der Waals surface area contributed by atoms with E-state index >= 15 is 0 Å². The zero-order valence-corrected chi connectivity index (χ0v) is 19.1. The lowest BCUT2D eigenvalue weighted by molar-refractivity contribution is 0.259. The molecule has 3 N–H and O–H groups in total. The van der Waals surface area contributed by atoms with Gasteiger partial charge in [0.15, 0.2) is 0 Å². The molecule has 0 bridgehead atoms. The van der Waals surface area contributed by atoms with Crippen LogP contribution in [0.3, 0.4) is 0 Å². The van der Waals surface area contributed by atoms with Gasteiger partial charge in [-0.15, -0.1) is 0 Å². The highest BCUT2D eigenvalue weighted by molar-refractivity contribution is 7.91. The summed E-state index contributed by atoms with van der Waals surface area (Å²) >= 11 is 0. The number of hydrogen-bond acceptors (Lipinski definition) is 9. The normalized spacial score (nSPS) is 13.7. The van der Waals surface area contributed by atoms with Gasteiger partial charge in [0, 0.05) is 24.2 Å². The van der Waals surface area contributed by atoms with Crippen LogP contribution < -0.4 is 14.8 Å². The van der Waals surface area contributed by atoms with Crippen LogP contribution in [-0.2, 0) is 16.4 Å². The van der Waals surface area contributed by atoms with Crippen molar-refractivity contribution < 1.29 is 22.7 Å². The number of hydrogen-bond donors (Lipinski definition) is 3. The third-order valence-electron chi connectivity index (χ3n) is 4.35. The van der Waals surface area contributed by atoms with Gasteiger partial charge in [-0.05, 0) is 18.3 Å². The first-order valence-electron chi connectivity index (χ1n) is 9.80. The maximum Gasteiger partial charge on any atom is 0.241 e. The SMILES string of the molecule is COc1cc(F)c(C(C)Cc2nc(NC(CO)CC(C)C)nc(NS(C)(=O)=O)n2)cn1. The minimum Gasteiger partial charge on any atom is -0.481 e. The van der Waals surface area contributed by atoms with E-state index in [9.17, 15) is 17.9 Å². The lowest BCUT2D eigenvalue weighted by Crippen LogP contribution is -2.27. The fraction of sp³-hybridized carbons (Fsp3) is 0.579. The van der Waals surface area contributed by atoms with Gasteiger partial charge in [0.2, 0.25) is 27.8 Å². The largest absolute Gasteiger partial charge is 0.481 e. The Hall–Kier alpha value is -2.60. The van der Waals surface area contributed by atoms with Gasteiger partial charge < -0.3 is 15.2 Å². The second-order valence-electron chi connectivity index (χ2n) is 7.78. The van der Waals surface area contributed by atoms with Crippen molar-refractivity contribution in [2.24, 2.45) is 5.92 Å². The first-order valence-corrected chi connectivity index (χ1v) is 11.7. The van der Waals surface area contributed by atoms with Gasteiger partial charge in [0.25, 0.3) is 0 Å². The number of aromatic nitrogens is 4. The molecule has 2 aromatic heterocycles. The Morgan fingerprint density at radius 3 is 2.42 bits per heavy atom. The number of methoxy groups -OCH3 is 1. The zero-order valence-electron chi connectivity index (χ0n) is 18.3. The monoisotopic (exact) mass is 456 g/mol. The molecule has 0 amide bonds. The second-order valence-corrected chi connectivity index (χ2v) is 9.53. The molecule has 2 heterocycles. The molecule has 0 fully saturated rings. The average molecular weight is 457 g/mol. The van der Waals surface area contributed by atoms with Crippen molar-refractivity contribution in [3.63, 3.8) is 0 Å². The first kappa shape index (κ1) is 24.7. The van der Waals surface area contributed by atoms with Crippen molar-refractivity contribution >= 4 is 21.9 Å². The molecule has 0 radical (unpaired) electrons. The summed E-state index contributed by atoms with van der Waals surface area (Å²) in [5, 5.41) is 12.6. The molecular weight excluding hydrogens is 427 g/mol. The summed E-state index contributed by atoms with van der Waals surface area (Å²) in [4.78, 5) is 16.6. The summed E-state index contributed by atoms with van der Waals surface area (Å²) in [5.41, 5.74) is 0.349. The van der Waals surface area contributed by atoms with Gasteiger partial charge in [-0.25, -0.2) is 17.8 Å². The van der Waals surface area contributed by atoms with Gasteiger partial charge >= 0.3 is 0 Å². The van der Waals surface area contributed by atoms with E-state index < -0.39 is 15.8 Å². The molecule has 0 spiro atoms. The molecule has 0 saturated heterocycles. The average Bonchev–Trinajstić information content (AvgIpc) is 2.65. The Morgan fingerprint density at radius 2 is 1.87 bits per heavy atom. The number of anilines is 2. The summed E-state index contributed by atoms with van der Waals surface area (Å²) in [5.74, 6) is -0.131. The molecule has 12 heteroatoms. The molecule has 0 aliphatic carbocycles. The molecule has 31 heavy (non-hydrogen) atoms. The Bertz CT molecular complexity index is 989. The maximum absolute atomic E-state index is 14.4. The van der Waals surface area contributed by atoms with Gasteiger partial charge in [0.1, 0.15) is 11.6 Å². The van der Waals surface area contributed by atoms with E-state index in [0.717, 1.165) is 6.26 Å². The van der Waals surface area contributed by atoms with Crippen LogP contribution in [0.2, 0.25) is 0 Å². The first-order chi connectivity index (χ1) is 14.5. The van der Waals surface area contributed by atoms with Crippen LogP contribution in [0.15, 0.2) is 12.3 Å². The molecule has 2 rings (SSSR count). The Balaban J connectivity index is 2.33. The predicted molar refractivity (Wildman–Crippen MR) is 115 cm³/mol. The third-order valence-corrected chi connectivity index (χ3v) is 4.91. The van der Waals surface area contributed by atoms with E-state index in [-0.39, 0.29) is 48.6 Å². The number of aliphatic hydroxyl groups is 1. The highest BCUT2D eigenvalue weighted by Crippen LogP contribution is 2.24. The number of aliphatic hydroxyl groups excluding tert-OH is 1. The molecule has 172 valence electrons. The molecule has 2 unspecified atom stereocenters. The third kappa shape index (κ3) is 7.87. The summed E-state index contributed by atoms with van der Waals surface area (Å²) in [6, 6.07) is 0.877. The molecule has 2 aromatic rings. The standard InChI is InChI=1S/C19H29FN6O4S/c1-11(2)6-13(10-27)22-18-23-16(24-19(25-18)26-31(5,28)29)7-12(3)14-9-21-17(30-4)8-15(14)20/h8-9,11-13,27H,6-7,10H2,1-5H3,(H2,22,23,24,25,26). The molecule has 0 aliphatic rings. The van der Waals surface area contributed by atoms with Crippen LogP contribution in [0.1, 0.15) is 44.5 Å². The molecule has 0 aliphatic heterocycles. The lowest BCUT2D eigenvalue weighted by Gasteiger charge is -2.19. The van der Waals surface area contributed by atoms with Crippen LogP contribution in [0.4, 0.5) is 16.3 Å². The Kier molecular flexibility index (Phi) is 8.45. The highest BCUT2D eigenvalue weighted by atomic mass is 32.2. The van der Waals surface area contributed by atoms with Crippen molar-refractivity contribution in [3.8, 4) is 5.88 Å². The van der Waals surface area contributed by atoms with Crippen LogP contribution in [0.25, 0.3) is 0 Å². The number of halogens is 1. The number of nitrogens with zero attached hydrogens (tertiary/aromatic N) is 4. The number of sulfonamides is 1. The summed E-state index contributed by atoms with van der Waals surface area (Å²) < 4.78 is 44.9. The minimum absolute atomic E-state index is 0.122. The second kappa shape index (κ2) is 10.6. The highest BCUT2D eigenvalue weighted by Gasteiger charge is 2.19. The zero-order chi connectivity index (χ0) is 23.2. The van der Waals surface area contributed by atoms with E-state index in [1.807, 2.05) is 13.8 Å². The van der Waals surface area contributed by atoms with Gasteiger partial charge in [-0.1, -0.05) is 20.8 Å². The number of pyridine rings is 1. The minimum atomic E-state index is -3.62. The number of nitrogens with one attached hydrogen (secondary N) is 2. The van der Waals surface area contributed by atoms with E-state index in [0.29, 0.717) is 17.9 Å². The molecule has 2 atom stereocenters. The van der Waals surface area contributed by atoms with Gasteiger partial charge in [-0.2, -0.15) is 15.0 Å². The molecule has 0 aromatic carbocycles.